The number of primary sulfonamides is 1. The van der Waals surface area contributed by atoms with Gasteiger partial charge in [0.05, 0.1) is 0 Å². The number of sulfonamides is 1. The Labute approximate surface area is 83.0 Å². The molecule has 84 valence electrons. The molecule has 0 atom stereocenters. The number of nitrogens with two attached hydrogens (primary N) is 1. The highest BCUT2D eigenvalue weighted by Crippen LogP contribution is 2.16. The van der Waals surface area contributed by atoms with Gasteiger partial charge in [-0.15, -0.1) is 0 Å². The summed E-state index contributed by atoms with van der Waals surface area (Å²) in [6, 6.07) is 1.92. The Morgan fingerprint density at radius 3 is 2.13 bits per heavy atom. The molecule has 0 aliphatic heterocycles. The third kappa shape index (κ3) is 2.48. The zero-order valence-electron chi connectivity index (χ0n) is 7.12. The van der Waals surface area contributed by atoms with Crippen LogP contribution in [0.3, 0.4) is 0 Å². The van der Waals surface area contributed by atoms with E-state index in [2.05, 4.69) is 5.14 Å². The Hall–Kier alpha value is -1.09. The van der Waals surface area contributed by atoms with E-state index in [9.17, 15) is 25.8 Å². The van der Waals surface area contributed by atoms with Crippen LogP contribution in [-0.4, -0.2) is 15.4 Å². The first-order chi connectivity index (χ1) is 6.64. The van der Waals surface area contributed by atoms with Gasteiger partial charge in [-0.05, 0) is 6.07 Å². The maximum atomic E-state index is 13.1. The molecule has 0 spiro atoms. The first-order valence-corrected chi connectivity index (χ1v) is 5.20. The number of hydrogen-bond donors (Lipinski definition) is 1. The molecule has 0 bridgehead atoms. The fourth-order valence-corrected chi connectivity index (χ4v) is 1.64. The summed E-state index contributed by atoms with van der Waals surface area (Å²) < 4.78 is 71.1. The SMILES string of the molecule is NS(=O)(=O)c1cccc([B-](F)(F)F)c1F. The Morgan fingerprint density at radius 1 is 1.20 bits per heavy atom. The highest BCUT2D eigenvalue weighted by molar-refractivity contribution is 7.89. The van der Waals surface area contributed by atoms with Crippen LogP contribution >= 0.6 is 0 Å². The fraction of sp³-hybridized carbons (Fsp3) is 0. The molecule has 0 unspecified atom stereocenters. The Balaban J connectivity index is 3.51. The first-order valence-electron chi connectivity index (χ1n) is 3.65. The van der Waals surface area contributed by atoms with Gasteiger partial charge in [0.1, 0.15) is 10.7 Å². The van der Waals surface area contributed by atoms with Crippen LogP contribution in [0, 0.1) is 5.82 Å². The van der Waals surface area contributed by atoms with Gasteiger partial charge in [-0.1, -0.05) is 17.6 Å². The number of benzene rings is 1. The Bertz CT molecular complexity index is 484. The minimum atomic E-state index is -5.60. The Kier molecular flexibility index (Phi) is 2.79. The van der Waals surface area contributed by atoms with Crippen LogP contribution in [0.4, 0.5) is 17.3 Å². The summed E-state index contributed by atoms with van der Waals surface area (Å²) in [5, 5.41) is 4.54. The lowest BCUT2D eigenvalue weighted by molar-refractivity contribution is 0.491. The molecule has 1 aromatic rings. The topological polar surface area (TPSA) is 60.2 Å². The molecular weight excluding hydrogens is 237 g/mol. The standard InChI is InChI=1S/C6H5BF4NO2S/c8-6-4(7(9,10)11)2-1-3-5(6)15(12,13)14/h1-3H,(H2,12,13,14)/q-1. The average molecular weight is 242 g/mol. The van der Waals surface area contributed by atoms with Crippen molar-refractivity contribution < 1.29 is 25.8 Å². The summed E-state index contributed by atoms with van der Waals surface area (Å²) in [6.07, 6.45) is 0. The predicted molar refractivity (Wildman–Crippen MR) is 46.5 cm³/mol. The smallest absolute Gasteiger partial charge is 0.445 e. The van der Waals surface area contributed by atoms with Crippen LogP contribution in [-0.2, 0) is 10.0 Å². The zero-order valence-corrected chi connectivity index (χ0v) is 7.94. The molecule has 1 rings (SSSR count). The van der Waals surface area contributed by atoms with Crippen molar-refractivity contribution in [3.63, 3.8) is 0 Å². The van der Waals surface area contributed by atoms with Crippen LogP contribution in [0.25, 0.3) is 0 Å². The molecule has 3 nitrogen and oxygen atoms in total. The number of rotatable bonds is 2. The molecule has 0 saturated carbocycles. The largest absolute Gasteiger partial charge is 0.512 e. The summed E-state index contributed by atoms with van der Waals surface area (Å²) in [4.78, 5) is -1.15. The molecule has 0 radical (unpaired) electrons. The van der Waals surface area contributed by atoms with Gasteiger partial charge >= 0.3 is 6.98 Å². The van der Waals surface area contributed by atoms with Crippen LogP contribution in [0.2, 0.25) is 0 Å². The van der Waals surface area contributed by atoms with Gasteiger partial charge in [-0.3, -0.25) is 0 Å². The quantitative estimate of drug-likeness (QED) is 0.607. The van der Waals surface area contributed by atoms with Crippen molar-refractivity contribution in [2.24, 2.45) is 5.14 Å². The van der Waals surface area contributed by atoms with Crippen molar-refractivity contribution in [1.82, 2.24) is 0 Å². The van der Waals surface area contributed by atoms with Gasteiger partial charge < -0.3 is 12.9 Å². The van der Waals surface area contributed by atoms with Crippen molar-refractivity contribution >= 4 is 22.5 Å². The summed E-state index contributed by atoms with van der Waals surface area (Å²) in [7, 11) is -4.48. The molecule has 15 heavy (non-hydrogen) atoms. The van der Waals surface area contributed by atoms with Crippen LogP contribution in [0.1, 0.15) is 0 Å². The van der Waals surface area contributed by atoms with Crippen molar-refractivity contribution in [2.75, 3.05) is 0 Å². The molecule has 0 aliphatic carbocycles. The van der Waals surface area contributed by atoms with Crippen molar-refractivity contribution in [2.45, 2.75) is 4.90 Å². The van der Waals surface area contributed by atoms with Crippen molar-refractivity contribution in [3.8, 4) is 0 Å². The second-order valence-corrected chi connectivity index (χ2v) is 4.31. The van der Waals surface area contributed by atoms with Crippen LogP contribution in [0.15, 0.2) is 23.1 Å². The van der Waals surface area contributed by atoms with Gasteiger partial charge in [0.2, 0.25) is 10.0 Å². The molecule has 0 saturated heterocycles. The second kappa shape index (κ2) is 3.49. The first kappa shape index (κ1) is 12.0. The normalized spacial score (nSPS) is 12.9. The molecule has 0 heterocycles. The van der Waals surface area contributed by atoms with E-state index in [1.807, 2.05) is 0 Å². The minimum Gasteiger partial charge on any atom is -0.445 e. The number of halogens is 4. The van der Waals surface area contributed by atoms with E-state index in [4.69, 9.17) is 0 Å². The van der Waals surface area contributed by atoms with E-state index in [0.717, 1.165) is 6.07 Å². The minimum absolute atomic E-state index is 0.462. The lowest BCUT2D eigenvalue weighted by Gasteiger charge is -2.16. The van der Waals surface area contributed by atoms with Gasteiger partial charge in [0, 0.05) is 0 Å². The highest BCUT2D eigenvalue weighted by Gasteiger charge is 2.31. The molecule has 0 aliphatic rings. The molecule has 0 amide bonds. The van der Waals surface area contributed by atoms with Gasteiger partial charge in [-0.2, -0.15) is 0 Å². The highest BCUT2D eigenvalue weighted by atomic mass is 32.2. The van der Waals surface area contributed by atoms with E-state index >= 15 is 0 Å². The van der Waals surface area contributed by atoms with E-state index in [0.29, 0.717) is 12.1 Å². The monoisotopic (exact) mass is 242 g/mol. The molecule has 9 heteroatoms. The zero-order chi connectivity index (χ0) is 11.9. The van der Waals surface area contributed by atoms with Crippen molar-refractivity contribution in [1.29, 1.82) is 0 Å². The molecule has 0 fully saturated rings. The van der Waals surface area contributed by atoms with E-state index < -0.39 is 33.2 Å². The summed E-state index contributed by atoms with van der Waals surface area (Å²) in [6.45, 7) is -5.60. The third-order valence-electron chi connectivity index (χ3n) is 1.65. The predicted octanol–water partition coefficient (Wildman–Crippen LogP) is 0.527. The number of hydrogen-bond acceptors (Lipinski definition) is 2. The van der Waals surface area contributed by atoms with E-state index in [1.54, 1.807) is 0 Å². The van der Waals surface area contributed by atoms with Crippen LogP contribution in [0.5, 0.6) is 0 Å². The second-order valence-electron chi connectivity index (χ2n) is 2.78. The van der Waals surface area contributed by atoms with Gasteiger partial charge in [0.15, 0.2) is 0 Å². The van der Waals surface area contributed by atoms with E-state index in [1.165, 1.54) is 0 Å². The summed E-state index contributed by atoms with van der Waals surface area (Å²) in [5.41, 5.74) is -1.60. The molecule has 1 aromatic carbocycles. The lowest BCUT2D eigenvalue weighted by atomic mass is 9.80. The lowest BCUT2D eigenvalue weighted by Crippen LogP contribution is -2.38. The third-order valence-corrected chi connectivity index (χ3v) is 2.58. The van der Waals surface area contributed by atoms with Crippen LogP contribution < -0.4 is 10.6 Å². The van der Waals surface area contributed by atoms with Gasteiger partial charge in [0.25, 0.3) is 0 Å². The maximum absolute atomic E-state index is 13.1. The molecule has 2 N–H and O–H groups in total. The fourth-order valence-electron chi connectivity index (χ4n) is 1.00. The maximum Gasteiger partial charge on any atom is 0.512 e. The summed E-state index contributed by atoms with van der Waals surface area (Å²) >= 11 is 0. The molecule has 0 aromatic heterocycles. The van der Waals surface area contributed by atoms with E-state index in [-0.39, 0.29) is 0 Å². The Morgan fingerprint density at radius 2 is 1.73 bits per heavy atom. The average Bonchev–Trinajstić information content (AvgIpc) is 1.99. The van der Waals surface area contributed by atoms with Gasteiger partial charge in [-0.25, -0.2) is 17.9 Å². The molecular formula is C6H5BF4NO2S-. The summed E-state index contributed by atoms with van der Waals surface area (Å²) in [5.74, 6) is -1.85. The van der Waals surface area contributed by atoms with Crippen molar-refractivity contribution in [3.05, 3.63) is 24.0 Å².